The second kappa shape index (κ2) is 5.48. The maximum Gasteiger partial charge on any atom is 0.417 e. The Hall–Kier alpha value is -2.49. The van der Waals surface area contributed by atoms with Crippen LogP contribution < -0.4 is 4.90 Å². The predicted molar refractivity (Wildman–Crippen MR) is 71.5 cm³/mol. The number of halogens is 3. The molecular formula is C14H13F3N4. The Kier molecular flexibility index (Phi) is 3.89. The van der Waals surface area contributed by atoms with Gasteiger partial charge in [-0.05, 0) is 18.2 Å². The number of hydrogen-bond donors (Lipinski definition) is 0. The molecule has 0 aliphatic rings. The molecule has 110 valence electrons. The molecule has 0 aliphatic heterocycles. The van der Waals surface area contributed by atoms with Gasteiger partial charge < -0.3 is 4.90 Å². The number of anilines is 1. The molecule has 0 amide bonds. The largest absolute Gasteiger partial charge is 0.417 e. The fraction of sp³-hybridized carbons (Fsp3) is 0.286. The predicted octanol–water partition coefficient (Wildman–Crippen LogP) is 2.95. The number of nitriles is 1. The van der Waals surface area contributed by atoms with Crippen LogP contribution in [0.2, 0.25) is 0 Å². The third-order valence-electron chi connectivity index (χ3n) is 3.05. The van der Waals surface area contributed by atoms with Crippen LogP contribution in [-0.4, -0.2) is 16.8 Å². The minimum atomic E-state index is -4.55. The molecule has 0 unspecified atom stereocenters. The van der Waals surface area contributed by atoms with Gasteiger partial charge in [0.15, 0.2) is 0 Å². The summed E-state index contributed by atoms with van der Waals surface area (Å²) in [5.74, 6) is 0. The molecule has 1 heterocycles. The molecule has 0 fully saturated rings. The van der Waals surface area contributed by atoms with E-state index >= 15 is 0 Å². The molecule has 0 atom stereocenters. The first-order valence-electron chi connectivity index (χ1n) is 6.11. The third-order valence-corrected chi connectivity index (χ3v) is 3.05. The van der Waals surface area contributed by atoms with Crippen LogP contribution in [0.15, 0.2) is 30.6 Å². The first kappa shape index (κ1) is 14.9. The minimum absolute atomic E-state index is 0.374. The maximum atomic E-state index is 12.9. The number of alkyl halides is 3. The SMILES string of the molecule is CN(Cc1cnn(C)c1)c1ccc(C#N)c(C(F)(F)F)c1. The number of benzene rings is 1. The van der Waals surface area contributed by atoms with Gasteiger partial charge in [-0.3, -0.25) is 4.68 Å². The number of rotatable bonds is 3. The minimum Gasteiger partial charge on any atom is -0.370 e. The Morgan fingerprint density at radius 3 is 2.62 bits per heavy atom. The van der Waals surface area contributed by atoms with Crippen LogP contribution in [-0.2, 0) is 19.8 Å². The van der Waals surface area contributed by atoms with Crippen LogP contribution >= 0.6 is 0 Å². The van der Waals surface area contributed by atoms with E-state index in [0.29, 0.717) is 12.2 Å². The normalized spacial score (nSPS) is 11.2. The molecule has 0 bridgehead atoms. The molecule has 2 rings (SSSR count). The van der Waals surface area contributed by atoms with E-state index in [9.17, 15) is 13.2 Å². The van der Waals surface area contributed by atoms with Crippen molar-refractivity contribution in [2.75, 3.05) is 11.9 Å². The molecule has 4 nitrogen and oxygen atoms in total. The van der Waals surface area contributed by atoms with Gasteiger partial charge >= 0.3 is 6.18 Å². The van der Waals surface area contributed by atoms with Crippen molar-refractivity contribution in [1.29, 1.82) is 5.26 Å². The highest BCUT2D eigenvalue weighted by Gasteiger charge is 2.34. The third kappa shape index (κ3) is 3.34. The van der Waals surface area contributed by atoms with Crippen LogP contribution in [0, 0.1) is 11.3 Å². The molecule has 0 aliphatic carbocycles. The van der Waals surface area contributed by atoms with Gasteiger partial charge in [-0.25, -0.2) is 0 Å². The summed E-state index contributed by atoms with van der Waals surface area (Å²) >= 11 is 0. The van der Waals surface area contributed by atoms with Gasteiger partial charge in [-0.1, -0.05) is 0 Å². The highest BCUT2D eigenvalue weighted by molar-refractivity contribution is 5.54. The topological polar surface area (TPSA) is 44.9 Å². The van der Waals surface area contributed by atoms with E-state index in [1.165, 1.54) is 12.1 Å². The zero-order chi connectivity index (χ0) is 15.6. The van der Waals surface area contributed by atoms with E-state index in [1.54, 1.807) is 42.1 Å². The number of aromatic nitrogens is 2. The Morgan fingerprint density at radius 1 is 1.38 bits per heavy atom. The van der Waals surface area contributed by atoms with Crippen molar-refractivity contribution in [2.45, 2.75) is 12.7 Å². The van der Waals surface area contributed by atoms with Crippen LogP contribution in [0.1, 0.15) is 16.7 Å². The first-order chi connectivity index (χ1) is 9.81. The van der Waals surface area contributed by atoms with Gasteiger partial charge in [0, 0.05) is 38.1 Å². The highest BCUT2D eigenvalue weighted by atomic mass is 19.4. The summed E-state index contributed by atoms with van der Waals surface area (Å²) in [6.07, 6.45) is -1.09. The summed E-state index contributed by atoms with van der Waals surface area (Å²) in [6, 6.07) is 5.26. The van der Waals surface area contributed by atoms with Crippen molar-refractivity contribution < 1.29 is 13.2 Å². The smallest absolute Gasteiger partial charge is 0.370 e. The zero-order valence-electron chi connectivity index (χ0n) is 11.5. The van der Waals surface area contributed by atoms with Gasteiger partial charge in [-0.15, -0.1) is 0 Å². The van der Waals surface area contributed by atoms with Crippen LogP contribution in [0.5, 0.6) is 0 Å². The fourth-order valence-corrected chi connectivity index (χ4v) is 2.02. The molecular weight excluding hydrogens is 281 g/mol. The molecule has 2 aromatic rings. The van der Waals surface area contributed by atoms with E-state index in [1.807, 2.05) is 0 Å². The van der Waals surface area contributed by atoms with Crippen molar-refractivity contribution in [3.05, 3.63) is 47.3 Å². The van der Waals surface area contributed by atoms with E-state index in [4.69, 9.17) is 5.26 Å². The van der Waals surface area contributed by atoms with Crippen LogP contribution in [0.3, 0.4) is 0 Å². The van der Waals surface area contributed by atoms with Gasteiger partial charge in [0.25, 0.3) is 0 Å². The van der Waals surface area contributed by atoms with Crippen molar-refractivity contribution >= 4 is 5.69 Å². The molecule has 0 saturated heterocycles. The Labute approximate surface area is 120 Å². The quantitative estimate of drug-likeness (QED) is 0.874. The number of nitrogens with zero attached hydrogens (tertiary/aromatic N) is 4. The molecule has 1 aromatic heterocycles. The second-order valence-electron chi connectivity index (χ2n) is 4.72. The lowest BCUT2D eigenvalue weighted by molar-refractivity contribution is -0.137. The standard InChI is InChI=1S/C14H13F3N4/c1-20(8-10-7-19-21(2)9-10)12-4-3-11(6-18)13(5-12)14(15,16)17/h3-5,7,9H,8H2,1-2H3. The molecule has 7 heteroatoms. The van der Waals surface area contributed by atoms with Gasteiger partial charge in [0.05, 0.1) is 23.4 Å². The van der Waals surface area contributed by atoms with Gasteiger partial charge in [0.2, 0.25) is 0 Å². The first-order valence-corrected chi connectivity index (χ1v) is 6.11. The summed E-state index contributed by atoms with van der Waals surface area (Å²) in [6.45, 7) is 0.428. The Bertz CT molecular complexity index is 682. The lowest BCUT2D eigenvalue weighted by atomic mass is 10.1. The van der Waals surface area contributed by atoms with Gasteiger partial charge in [0.1, 0.15) is 0 Å². The van der Waals surface area contributed by atoms with Crippen LogP contribution in [0.25, 0.3) is 0 Å². The summed E-state index contributed by atoms with van der Waals surface area (Å²) < 4.78 is 40.4. The molecule has 1 aromatic carbocycles. The summed E-state index contributed by atoms with van der Waals surface area (Å²) in [5.41, 5.74) is -0.00957. The summed E-state index contributed by atoms with van der Waals surface area (Å²) in [7, 11) is 3.46. The number of aryl methyl sites for hydroxylation is 1. The van der Waals surface area contributed by atoms with Crippen molar-refractivity contribution in [1.82, 2.24) is 9.78 Å². The van der Waals surface area contributed by atoms with E-state index in [0.717, 1.165) is 11.6 Å². The Morgan fingerprint density at radius 2 is 2.10 bits per heavy atom. The lowest BCUT2D eigenvalue weighted by Crippen LogP contribution is -2.17. The van der Waals surface area contributed by atoms with E-state index in [2.05, 4.69) is 5.10 Å². The van der Waals surface area contributed by atoms with Crippen molar-refractivity contribution in [2.24, 2.45) is 7.05 Å². The fourth-order valence-electron chi connectivity index (χ4n) is 2.02. The summed E-state index contributed by atoms with van der Waals surface area (Å²) in [5, 5.41) is 12.8. The van der Waals surface area contributed by atoms with E-state index < -0.39 is 11.7 Å². The number of hydrogen-bond acceptors (Lipinski definition) is 3. The van der Waals surface area contributed by atoms with Crippen molar-refractivity contribution in [3.8, 4) is 6.07 Å². The Balaban J connectivity index is 2.30. The lowest BCUT2D eigenvalue weighted by Gasteiger charge is -2.20. The monoisotopic (exact) mass is 294 g/mol. The molecule has 21 heavy (non-hydrogen) atoms. The average Bonchev–Trinajstić information content (AvgIpc) is 2.82. The molecule has 0 spiro atoms. The molecule has 0 N–H and O–H groups in total. The summed E-state index contributed by atoms with van der Waals surface area (Å²) in [4.78, 5) is 1.67. The second-order valence-corrected chi connectivity index (χ2v) is 4.72. The highest BCUT2D eigenvalue weighted by Crippen LogP contribution is 2.34. The molecule has 0 radical (unpaired) electrons. The zero-order valence-corrected chi connectivity index (χ0v) is 11.5. The van der Waals surface area contributed by atoms with Crippen molar-refractivity contribution in [3.63, 3.8) is 0 Å². The average molecular weight is 294 g/mol. The van der Waals surface area contributed by atoms with Gasteiger partial charge in [-0.2, -0.15) is 23.5 Å². The van der Waals surface area contributed by atoms with Crippen LogP contribution in [0.4, 0.5) is 18.9 Å². The molecule has 0 saturated carbocycles. The van der Waals surface area contributed by atoms with E-state index in [-0.39, 0.29) is 5.56 Å². The maximum absolute atomic E-state index is 12.9.